The summed E-state index contributed by atoms with van der Waals surface area (Å²) in [5.74, 6) is 3.64. The molecule has 3 rings (SSSR count). The van der Waals surface area contributed by atoms with Crippen LogP contribution in [0.15, 0.2) is 0 Å². The van der Waals surface area contributed by atoms with Crippen LogP contribution in [-0.4, -0.2) is 0 Å². The predicted octanol–water partition coefficient (Wildman–Crippen LogP) is 1.66. The van der Waals surface area contributed by atoms with Crippen LogP contribution >= 0.6 is 0 Å². The average molecular weight is 94.2 g/mol. The smallest absolute Gasteiger partial charge is 0.0229 e. The second-order valence-corrected chi connectivity index (χ2v) is 3.64. The lowest BCUT2D eigenvalue weighted by Gasteiger charge is -1.99. The van der Waals surface area contributed by atoms with Gasteiger partial charge in [0.2, 0.25) is 0 Å². The van der Waals surface area contributed by atoms with Crippen LogP contribution < -0.4 is 0 Å². The third-order valence-electron chi connectivity index (χ3n) is 3.42. The van der Waals surface area contributed by atoms with Crippen molar-refractivity contribution < 1.29 is 0 Å². The molecule has 2 unspecified atom stereocenters. The van der Waals surface area contributed by atoms with Gasteiger partial charge >= 0.3 is 0 Å². The molecule has 0 radical (unpaired) electrons. The van der Waals surface area contributed by atoms with Crippen molar-refractivity contribution in [3.63, 3.8) is 0 Å². The lowest BCUT2D eigenvalue weighted by atomic mass is 10.1. The molecule has 2 atom stereocenters. The second-order valence-electron chi connectivity index (χ2n) is 3.64. The summed E-state index contributed by atoms with van der Waals surface area (Å²) in [6.07, 6.45) is 3.18. The molecule has 0 nitrogen and oxygen atoms in total. The van der Waals surface area contributed by atoms with Crippen LogP contribution in [-0.2, 0) is 0 Å². The van der Waals surface area contributed by atoms with Gasteiger partial charge in [-0.1, -0.05) is 6.92 Å². The lowest BCUT2D eigenvalue weighted by molar-refractivity contribution is 0.490. The van der Waals surface area contributed by atoms with Crippen LogP contribution in [0.25, 0.3) is 0 Å². The molecule has 1 spiro atoms. The van der Waals surface area contributed by atoms with E-state index in [-0.39, 0.29) is 0 Å². The van der Waals surface area contributed by atoms with Gasteiger partial charge in [0.15, 0.2) is 0 Å². The molecule has 0 aromatic heterocycles. The molecule has 3 fully saturated rings. The Morgan fingerprint density at radius 1 is 1.29 bits per heavy atom. The third-order valence-corrected chi connectivity index (χ3v) is 3.42. The first kappa shape index (κ1) is 3.11. The van der Waals surface area contributed by atoms with E-state index < -0.39 is 0 Å². The monoisotopic (exact) mass is 94.1 g/mol. The van der Waals surface area contributed by atoms with E-state index >= 15 is 0 Å². The molecule has 3 saturated carbocycles. The summed E-state index contributed by atoms with van der Waals surface area (Å²) in [6, 6.07) is 0. The molecule has 38 valence electrons. The first-order valence-corrected chi connectivity index (χ1v) is 3.36. The Morgan fingerprint density at radius 3 is 2.00 bits per heavy atom. The largest absolute Gasteiger partial charge is 0.0619 e. The summed E-state index contributed by atoms with van der Waals surface area (Å²) in [5, 5.41) is 0. The molecular weight excluding hydrogens is 84.1 g/mol. The molecule has 0 saturated heterocycles. The van der Waals surface area contributed by atoms with E-state index in [9.17, 15) is 0 Å². The van der Waals surface area contributed by atoms with Gasteiger partial charge in [0.1, 0.15) is 0 Å². The van der Waals surface area contributed by atoms with Crippen molar-refractivity contribution in [2.24, 2.45) is 23.2 Å². The zero-order chi connectivity index (χ0) is 4.65. The Balaban J connectivity index is 1.96. The molecule has 3 aliphatic carbocycles. The Kier molecular flexibility index (Phi) is 0.231. The number of hydrogen-bond donors (Lipinski definition) is 0. The zero-order valence-electron chi connectivity index (χ0n) is 4.65. The molecule has 7 heavy (non-hydrogen) atoms. The van der Waals surface area contributed by atoms with Crippen molar-refractivity contribution in [2.45, 2.75) is 19.8 Å². The van der Waals surface area contributed by atoms with Crippen LogP contribution in [0.1, 0.15) is 19.8 Å². The molecule has 0 N–H and O–H groups in total. The Labute approximate surface area is 43.9 Å². The van der Waals surface area contributed by atoms with E-state index in [2.05, 4.69) is 6.92 Å². The average Bonchev–Trinajstić information content (AvgIpc) is 2.30. The van der Waals surface area contributed by atoms with Gasteiger partial charge in [-0.2, -0.15) is 0 Å². The second kappa shape index (κ2) is 0.519. The van der Waals surface area contributed by atoms with Crippen molar-refractivity contribution in [1.82, 2.24) is 0 Å². The first-order chi connectivity index (χ1) is 3.36. The highest BCUT2D eigenvalue weighted by Crippen LogP contribution is 2.91. The molecule has 3 aliphatic rings. The minimum absolute atomic E-state index is 1.03. The molecule has 0 aromatic rings. The topological polar surface area (TPSA) is 0 Å². The van der Waals surface area contributed by atoms with Gasteiger partial charge in [-0.25, -0.2) is 0 Å². The Bertz CT molecular complexity index is 121. The van der Waals surface area contributed by atoms with Gasteiger partial charge in [0.05, 0.1) is 0 Å². The maximum absolute atomic E-state index is 2.40. The minimum Gasteiger partial charge on any atom is -0.0619 e. The molecule has 0 aliphatic heterocycles. The summed E-state index contributed by atoms with van der Waals surface area (Å²) in [4.78, 5) is 0. The first-order valence-electron chi connectivity index (χ1n) is 3.36. The molecule has 0 heteroatoms. The van der Waals surface area contributed by atoms with E-state index in [1.807, 2.05) is 0 Å². The Morgan fingerprint density at radius 2 is 1.86 bits per heavy atom. The number of fused-ring (bicyclic) bond motifs is 3. The normalized spacial score (nSPS) is 67.3. The van der Waals surface area contributed by atoms with Crippen molar-refractivity contribution >= 4 is 0 Å². The maximum Gasteiger partial charge on any atom is -0.0229 e. The number of rotatable bonds is 0. The number of hydrogen-bond acceptors (Lipinski definition) is 0. The van der Waals surface area contributed by atoms with E-state index in [0.29, 0.717) is 0 Å². The minimum atomic E-state index is 1.03. The highest BCUT2D eigenvalue weighted by atomic mass is 14.9. The van der Waals surface area contributed by atoms with E-state index in [4.69, 9.17) is 0 Å². The van der Waals surface area contributed by atoms with E-state index in [0.717, 1.165) is 11.3 Å². The highest BCUT2D eigenvalue weighted by molar-refractivity contribution is 5.33. The SMILES string of the molecule is CC1C2C1C21CC1. The summed E-state index contributed by atoms with van der Waals surface area (Å²) >= 11 is 0. The third kappa shape index (κ3) is 0.154. The fourth-order valence-electron chi connectivity index (χ4n) is 2.76. The van der Waals surface area contributed by atoms with Crippen LogP contribution in [0.5, 0.6) is 0 Å². The molecule has 0 amide bonds. The van der Waals surface area contributed by atoms with Gasteiger partial charge in [-0.15, -0.1) is 0 Å². The van der Waals surface area contributed by atoms with Gasteiger partial charge in [0.25, 0.3) is 0 Å². The van der Waals surface area contributed by atoms with Crippen molar-refractivity contribution in [3.8, 4) is 0 Å². The lowest BCUT2D eigenvalue weighted by Crippen LogP contribution is -1.93. The van der Waals surface area contributed by atoms with Gasteiger partial charge in [-0.05, 0) is 36.0 Å². The quantitative estimate of drug-likeness (QED) is 0.428. The summed E-state index contributed by atoms with van der Waals surface area (Å²) in [5.41, 5.74) is 1.03. The standard InChI is InChI=1S/C7H10/c1-4-5-6(4)7(5)2-3-7/h4-6H,2-3H2,1H3. The molecular formula is C7H10. The summed E-state index contributed by atoms with van der Waals surface area (Å²) in [7, 11) is 0. The fourth-order valence-corrected chi connectivity index (χ4v) is 2.76. The maximum atomic E-state index is 2.40. The van der Waals surface area contributed by atoms with Crippen LogP contribution in [0.3, 0.4) is 0 Å². The van der Waals surface area contributed by atoms with Crippen molar-refractivity contribution in [1.29, 1.82) is 0 Å². The zero-order valence-corrected chi connectivity index (χ0v) is 4.65. The Hall–Kier alpha value is 0. The molecule has 0 heterocycles. The molecule has 0 aromatic carbocycles. The fraction of sp³-hybridized carbons (Fsp3) is 1.00. The van der Waals surface area contributed by atoms with Crippen LogP contribution in [0, 0.1) is 23.2 Å². The molecule has 0 bridgehead atoms. The van der Waals surface area contributed by atoms with Crippen LogP contribution in [0.4, 0.5) is 0 Å². The van der Waals surface area contributed by atoms with E-state index in [1.54, 1.807) is 12.8 Å². The summed E-state index contributed by atoms with van der Waals surface area (Å²) < 4.78 is 0. The predicted molar refractivity (Wildman–Crippen MR) is 27.8 cm³/mol. The van der Waals surface area contributed by atoms with Crippen molar-refractivity contribution in [2.75, 3.05) is 0 Å². The van der Waals surface area contributed by atoms with Crippen LogP contribution in [0.2, 0.25) is 0 Å². The van der Waals surface area contributed by atoms with Gasteiger partial charge < -0.3 is 0 Å². The summed E-state index contributed by atoms with van der Waals surface area (Å²) in [6.45, 7) is 2.40. The highest BCUT2D eigenvalue weighted by Gasteiger charge is 2.86. The van der Waals surface area contributed by atoms with Gasteiger partial charge in [-0.3, -0.25) is 0 Å². The van der Waals surface area contributed by atoms with E-state index in [1.165, 1.54) is 11.8 Å². The van der Waals surface area contributed by atoms with Crippen molar-refractivity contribution in [3.05, 3.63) is 0 Å². The van der Waals surface area contributed by atoms with Gasteiger partial charge in [0, 0.05) is 0 Å².